The van der Waals surface area contributed by atoms with Gasteiger partial charge in [0.15, 0.2) is 0 Å². The van der Waals surface area contributed by atoms with E-state index in [0.717, 1.165) is 17.8 Å². The first-order chi connectivity index (χ1) is 13.5. The maximum atomic E-state index is 14.0. The Morgan fingerprint density at radius 2 is 2.00 bits per heavy atom. The van der Waals surface area contributed by atoms with Crippen LogP contribution in [-0.2, 0) is 6.42 Å². The van der Waals surface area contributed by atoms with Gasteiger partial charge in [0.2, 0.25) is 5.88 Å². The topological polar surface area (TPSA) is 74.5 Å². The molecule has 0 N–H and O–H groups in total. The molecule has 1 aromatic heterocycles. The summed E-state index contributed by atoms with van der Waals surface area (Å²) in [6, 6.07) is 11.4. The first-order valence-electron chi connectivity index (χ1n) is 8.52. The van der Waals surface area contributed by atoms with Crippen LogP contribution < -0.4 is 9.47 Å². The maximum absolute atomic E-state index is 14.0. The van der Waals surface area contributed by atoms with E-state index < -0.39 is 22.7 Å². The lowest BCUT2D eigenvalue weighted by atomic mass is 9.97. The van der Waals surface area contributed by atoms with Crippen LogP contribution in [0.25, 0.3) is 0 Å². The van der Waals surface area contributed by atoms with Gasteiger partial charge in [-0.1, -0.05) is 0 Å². The lowest BCUT2D eigenvalue weighted by molar-refractivity contribution is -0.385. The Hall–Kier alpha value is -3.55. The van der Waals surface area contributed by atoms with Crippen molar-refractivity contribution in [2.75, 3.05) is 0 Å². The lowest BCUT2D eigenvalue weighted by Gasteiger charge is -2.27. The molecule has 2 aromatic carbocycles. The van der Waals surface area contributed by atoms with Crippen molar-refractivity contribution in [2.24, 2.45) is 0 Å². The first kappa shape index (κ1) is 17.8. The van der Waals surface area contributed by atoms with Crippen molar-refractivity contribution in [2.45, 2.75) is 18.9 Å². The molecule has 0 spiro atoms. The van der Waals surface area contributed by atoms with Crippen molar-refractivity contribution in [1.82, 2.24) is 4.98 Å². The molecule has 1 unspecified atom stereocenters. The van der Waals surface area contributed by atoms with Crippen molar-refractivity contribution < 1.29 is 23.2 Å². The molecule has 0 aliphatic carbocycles. The minimum absolute atomic E-state index is 0.120. The van der Waals surface area contributed by atoms with Crippen LogP contribution in [0.1, 0.15) is 23.7 Å². The van der Waals surface area contributed by atoms with Crippen LogP contribution in [0, 0.1) is 21.7 Å². The number of nitro groups is 1. The van der Waals surface area contributed by atoms with Gasteiger partial charge in [-0.25, -0.2) is 13.8 Å². The predicted octanol–water partition coefficient (Wildman–Crippen LogP) is 5.13. The van der Waals surface area contributed by atoms with E-state index in [9.17, 15) is 18.9 Å². The van der Waals surface area contributed by atoms with Gasteiger partial charge in [0.05, 0.1) is 4.92 Å². The number of aryl methyl sites for hydroxylation is 1. The number of pyridine rings is 1. The summed E-state index contributed by atoms with van der Waals surface area (Å²) in [6.07, 6.45) is 1.80. The van der Waals surface area contributed by atoms with Gasteiger partial charge in [-0.2, -0.15) is 0 Å². The summed E-state index contributed by atoms with van der Waals surface area (Å²) in [5.41, 5.74) is 1.09. The van der Waals surface area contributed by atoms with Gasteiger partial charge in [0.25, 0.3) is 5.69 Å². The molecule has 1 atom stereocenters. The molecule has 0 saturated heterocycles. The largest absolute Gasteiger partial charge is 0.485 e. The zero-order chi connectivity index (χ0) is 19.7. The van der Waals surface area contributed by atoms with Crippen LogP contribution in [0.4, 0.5) is 14.5 Å². The number of benzene rings is 2. The van der Waals surface area contributed by atoms with Crippen LogP contribution in [0.15, 0.2) is 54.7 Å². The Morgan fingerprint density at radius 3 is 2.71 bits per heavy atom. The molecule has 1 aliphatic rings. The van der Waals surface area contributed by atoms with Gasteiger partial charge in [0, 0.05) is 23.8 Å². The van der Waals surface area contributed by atoms with Crippen molar-refractivity contribution in [3.63, 3.8) is 0 Å². The molecule has 0 saturated carbocycles. The molecule has 1 aliphatic heterocycles. The van der Waals surface area contributed by atoms with Gasteiger partial charge < -0.3 is 9.47 Å². The van der Waals surface area contributed by atoms with Crippen LogP contribution in [-0.4, -0.2) is 9.91 Å². The van der Waals surface area contributed by atoms with Crippen LogP contribution in [0.5, 0.6) is 17.4 Å². The zero-order valence-electron chi connectivity index (χ0n) is 14.5. The Labute approximate surface area is 158 Å². The number of aromatic nitrogens is 1. The molecule has 28 heavy (non-hydrogen) atoms. The summed E-state index contributed by atoms with van der Waals surface area (Å²) in [5, 5.41) is 10.7. The van der Waals surface area contributed by atoms with Crippen molar-refractivity contribution in [3.05, 3.63) is 87.6 Å². The molecule has 6 nitrogen and oxygen atoms in total. The van der Waals surface area contributed by atoms with Crippen LogP contribution in [0.3, 0.4) is 0 Å². The van der Waals surface area contributed by atoms with Crippen molar-refractivity contribution in [1.29, 1.82) is 0 Å². The molecule has 8 heteroatoms. The van der Waals surface area contributed by atoms with E-state index >= 15 is 0 Å². The summed E-state index contributed by atoms with van der Waals surface area (Å²) in [4.78, 5) is 14.0. The van der Waals surface area contributed by atoms with E-state index in [2.05, 4.69) is 4.98 Å². The smallest absolute Gasteiger partial charge is 0.287 e. The van der Waals surface area contributed by atoms with E-state index in [1.807, 2.05) is 0 Å². The fourth-order valence-electron chi connectivity index (χ4n) is 3.07. The third kappa shape index (κ3) is 3.62. The van der Waals surface area contributed by atoms with Gasteiger partial charge in [-0.05, 0) is 48.7 Å². The lowest BCUT2D eigenvalue weighted by Crippen LogP contribution is -2.16. The van der Waals surface area contributed by atoms with E-state index in [4.69, 9.17) is 9.47 Å². The summed E-state index contributed by atoms with van der Waals surface area (Å²) >= 11 is 0. The second-order valence-corrected chi connectivity index (χ2v) is 6.29. The second kappa shape index (κ2) is 7.22. The highest BCUT2D eigenvalue weighted by Crippen LogP contribution is 2.38. The number of halogens is 2. The Balaban J connectivity index is 1.50. The third-order valence-corrected chi connectivity index (χ3v) is 4.44. The monoisotopic (exact) mass is 384 g/mol. The average molecular weight is 384 g/mol. The van der Waals surface area contributed by atoms with Crippen LogP contribution >= 0.6 is 0 Å². The fraction of sp³-hybridized carbons (Fsp3) is 0.150. The minimum Gasteiger partial charge on any atom is -0.485 e. The second-order valence-electron chi connectivity index (χ2n) is 6.29. The standard InChI is InChI=1S/C20H14F2N2O4/c21-13-2-5-16(17(22)10-13)19-6-1-12-9-15(4-7-18(12)28-19)27-20-8-3-14(11-23-20)24(25)26/h2-5,7-11,19H,1,6H2. The highest BCUT2D eigenvalue weighted by molar-refractivity contribution is 5.44. The van der Waals surface area contributed by atoms with Crippen molar-refractivity contribution in [3.8, 4) is 17.4 Å². The Kier molecular flexibility index (Phi) is 4.60. The highest BCUT2D eigenvalue weighted by Gasteiger charge is 2.24. The highest BCUT2D eigenvalue weighted by atomic mass is 19.1. The molecule has 0 radical (unpaired) electrons. The Bertz CT molecular complexity index is 1040. The van der Waals surface area contributed by atoms with Gasteiger partial charge in [0.1, 0.15) is 35.4 Å². The van der Waals surface area contributed by atoms with E-state index in [1.165, 1.54) is 24.3 Å². The molecular weight excluding hydrogens is 370 g/mol. The normalized spacial score (nSPS) is 15.4. The Morgan fingerprint density at radius 1 is 1.14 bits per heavy atom. The minimum atomic E-state index is -0.627. The number of hydrogen-bond donors (Lipinski definition) is 0. The molecule has 0 bridgehead atoms. The molecular formula is C20H14F2N2O4. The summed E-state index contributed by atoms with van der Waals surface area (Å²) in [5.74, 6) is 0.0874. The summed E-state index contributed by atoms with van der Waals surface area (Å²) < 4.78 is 38.6. The number of ether oxygens (including phenoxy) is 2. The first-order valence-corrected chi connectivity index (χ1v) is 8.52. The summed E-state index contributed by atoms with van der Waals surface area (Å²) in [6.45, 7) is 0. The quantitative estimate of drug-likeness (QED) is 0.461. The van der Waals surface area contributed by atoms with E-state index in [0.29, 0.717) is 29.9 Å². The van der Waals surface area contributed by atoms with E-state index in [-0.39, 0.29) is 11.6 Å². The molecule has 0 fully saturated rings. The number of rotatable bonds is 4. The third-order valence-electron chi connectivity index (χ3n) is 4.44. The molecule has 2 heterocycles. The number of hydrogen-bond acceptors (Lipinski definition) is 5. The molecule has 4 rings (SSSR count). The van der Waals surface area contributed by atoms with Gasteiger partial charge in [-0.3, -0.25) is 10.1 Å². The van der Waals surface area contributed by atoms with Crippen molar-refractivity contribution >= 4 is 5.69 Å². The number of nitrogens with zero attached hydrogens (tertiary/aromatic N) is 2. The van der Waals surface area contributed by atoms with Crippen LogP contribution in [0.2, 0.25) is 0 Å². The van der Waals surface area contributed by atoms with Gasteiger partial charge in [-0.15, -0.1) is 0 Å². The maximum Gasteiger partial charge on any atom is 0.287 e. The fourth-order valence-corrected chi connectivity index (χ4v) is 3.07. The zero-order valence-corrected chi connectivity index (χ0v) is 14.5. The predicted molar refractivity (Wildman–Crippen MR) is 95.5 cm³/mol. The average Bonchev–Trinajstić information content (AvgIpc) is 2.68. The molecule has 3 aromatic rings. The van der Waals surface area contributed by atoms with E-state index in [1.54, 1.807) is 18.2 Å². The molecule has 0 amide bonds. The summed E-state index contributed by atoms with van der Waals surface area (Å²) in [7, 11) is 0. The molecule has 142 valence electrons. The SMILES string of the molecule is O=[N+]([O-])c1ccc(Oc2ccc3c(c2)CCC(c2ccc(F)cc2F)O3)nc1. The van der Waals surface area contributed by atoms with Gasteiger partial charge >= 0.3 is 0 Å². The number of fused-ring (bicyclic) bond motifs is 1.